The molecule has 5 heteroatoms. The number of amides is 1. The molecule has 17 heavy (non-hydrogen) atoms. The van der Waals surface area contributed by atoms with E-state index >= 15 is 0 Å². The van der Waals surface area contributed by atoms with Crippen LogP contribution in [0, 0.1) is 18.8 Å². The van der Waals surface area contributed by atoms with Crippen LogP contribution in [0.15, 0.2) is 6.20 Å². The first-order chi connectivity index (χ1) is 8.06. The molecular weight excluding hydrogens is 216 g/mol. The van der Waals surface area contributed by atoms with Gasteiger partial charge in [0, 0.05) is 19.8 Å². The molecule has 1 aromatic rings. The van der Waals surface area contributed by atoms with Gasteiger partial charge in [0.2, 0.25) is 5.91 Å². The molecule has 2 N–H and O–H groups in total. The number of piperidine rings is 1. The number of aryl methyl sites for hydroxylation is 2. The van der Waals surface area contributed by atoms with Crippen molar-refractivity contribution in [3.63, 3.8) is 0 Å². The van der Waals surface area contributed by atoms with Gasteiger partial charge in [0.15, 0.2) is 0 Å². The molecule has 5 nitrogen and oxygen atoms in total. The molecule has 2 atom stereocenters. The van der Waals surface area contributed by atoms with Crippen molar-refractivity contribution in [3.8, 4) is 0 Å². The predicted octanol–water partition coefficient (Wildman–Crippen LogP) is 0.913. The molecule has 0 saturated carbocycles. The average molecular weight is 236 g/mol. The monoisotopic (exact) mass is 236 g/mol. The molecule has 1 amide bonds. The quantitative estimate of drug-likeness (QED) is 0.802. The predicted molar refractivity (Wildman–Crippen MR) is 66.7 cm³/mol. The van der Waals surface area contributed by atoms with Crippen molar-refractivity contribution < 1.29 is 4.79 Å². The Labute approximate surface area is 102 Å². The van der Waals surface area contributed by atoms with Crippen LogP contribution in [-0.2, 0) is 11.8 Å². The number of carbonyl (C=O) groups excluding carboxylic acids is 1. The van der Waals surface area contributed by atoms with Gasteiger partial charge in [-0.1, -0.05) is 6.92 Å². The van der Waals surface area contributed by atoms with Crippen LogP contribution < -0.4 is 10.6 Å². The fourth-order valence-corrected chi connectivity index (χ4v) is 2.31. The van der Waals surface area contributed by atoms with Crippen LogP contribution >= 0.6 is 0 Å². The van der Waals surface area contributed by atoms with Crippen LogP contribution in [0.5, 0.6) is 0 Å². The van der Waals surface area contributed by atoms with E-state index in [4.69, 9.17) is 0 Å². The molecule has 0 bridgehead atoms. The van der Waals surface area contributed by atoms with Gasteiger partial charge < -0.3 is 10.6 Å². The van der Waals surface area contributed by atoms with Crippen molar-refractivity contribution in [2.45, 2.75) is 20.3 Å². The molecule has 0 spiro atoms. The summed E-state index contributed by atoms with van der Waals surface area (Å²) in [6.07, 6.45) is 2.80. The van der Waals surface area contributed by atoms with Crippen molar-refractivity contribution in [2.24, 2.45) is 18.9 Å². The van der Waals surface area contributed by atoms with Crippen LogP contribution in [0.3, 0.4) is 0 Å². The van der Waals surface area contributed by atoms with Crippen molar-refractivity contribution in [3.05, 3.63) is 11.9 Å². The maximum atomic E-state index is 12.1. The van der Waals surface area contributed by atoms with Gasteiger partial charge in [-0.05, 0) is 25.8 Å². The van der Waals surface area contributed by atoms with E-state index in [0.29, 0.717) is 5.92 Å². The summed E-state index contributed by atoms with van der Waals surface area (Å²) >= 11 is 0. The van der Waals surface area contributed by atoms with Crippen molar-refractivity contribution >= 4 is 11.6 Å². The Morgan fingerprint density at radius 2 is 2.35 bits per heavy atom. The third-order valence-electron chi connectivity index (χ3n) is 3.21. The Bertz CT molecular complexity index is 413. The number of nitrogens with zero attached hydrogens (tertiary/aromatic N) is 2. The van der Waals surface area contributed by atoms with E-state index in [-0.39, 0.29) is 11.8 Å². The maximum absolute atomic E-state index is 12.1. The van der Waals surface area contributed by atoms with E-state index < -0.39 is 0 Å². The van der Waals surface area contributed by atoms with Crippen molar-refractivity contribution in [1.29, 1.82) is 0 Å². The Morgan fingerprint density at radius 3 is 2.94 bits per heavy atom. The van der Waals surface area contributed by atoms with Crippen LogP contribution in [0.1, 0.15) is 19.0 Å². The summed E-state index contributed by atoms with van der Waals surface area (Å²) in [6, 6.07) is 0. The first kappa shape index (κ1) is 12.1. The van der Waals surface area contributed by atoms with E-state index in [1.165, 1.54) is 0 Å². The Balaban J connectivity index is 1.99. The fourth-order valence-electron chi connectivity index (χ4n) is 2.31. The van der Waals surface area contributed by atoms with Gasteiger partial charge >= 0.3 is 0 Å². The molecule has 1 aliphatic heterocycles. The minimum Gasteiger partial charge on any atom is -0.323 e. The Morgan fingerprint density at radius 1 is 1.59 bits per heavy atom. The highest BCUT2D eigenvalue weighted by Gasteiger charge is 2.25. The Kier molecular flexibility index (Phi) is 3.47. The smallest absolute Gasteiger partial charge is 0.228 e. The number of hydrogen-bond acceptors (Lipinski definition) is 3. The van der Waals surface area contributed by atoms with Gasteiger partial charge in [-0.15, -0.1) is 0 Å². The lowest BCUT2D eigenvalue weighted by atomic mass is 9.91. The number of nitrogens with one attached hydrogen (secondary N) is 2. The zero-order valence-electron chi connectivity index (χ0n) is 10.7. The SMILES string of the molecule is Cc1nn(C)cc1NC(=O)C1CNCC(C)C1. The normalized spacial score (nSPS) is 24.6. The lowest BCUT2D eigenvalue weighted by molar-refractivity contribution is -0.120. The minimum absolute atomic E-state index is 0.0679. The van der Waals surface area contributed by atoms with Gasteiger partial charge in [-0.3, -0.25) is 9.48 Å². The van der Waals surface area contributed by atoms with Crippen molar-refractivity contribution in [1.82, 2.24) is 15.1 Å². The van der Waals surface area contributed by atoms with E-state index in [2.05, 4.69) is 22.7 Å². The zero-order chi connectivity index (χ0) is 12.4. The maximum Gasteiger partial charge on any atom is 0.228 e. The summed E-state index contributed by atoms with van der Waals surface area (Å²) in [5.41, 5.74) is 1.67. The molecular formula is C12H20N4O. The number of rotatable bonds is 2. The van der Waals surface area contributed by atoms with Crippen LogP contribution in [0.4, 0.5) is 5.69 Å². The molecule has 0 aromatic carbocycles. The first-order valence-electron chi connectivity index (χ1n) is 6.08. The molecule has 94 valence electrons. The highest BCUT2D eigenvalue weighted by atomic mass is 16.1. The second-order valence-corrected chi connectivity index (χ2v) is 4.99. The van der Waals surface area contributed by atoms with Crippen LogP contribution in [0.2, 0.25) is 0 Å². The summed E-state index contributed by atoms with van der Waals surface area (Å²) in [6.45, 7) is 5.85. The summed E-state index contributed by atoms with van der Waals surface area (Å²) in [5, 5.41) is 10.5. The summed E-state index contributed by atoms with van der Waals surface area (Å²) < 4.78 is 1.71. The van der Waals surface area contributed by atoms with Gasteiger partial charge in [0.05, 0.1) is 17.3 Å². The largest absolute Gasteiger partial charge is 0.323 e. The van der Waals surface area contributed by atoms with E-state index in [9.17, 15) is 4.79 Å². The fraction of sp³-hybridized carbons (Fsp3) is 0.667. The van der Waals surface area contributed by atoms with E-state index in [1.807, 2.05) is 20.2 Å². The topological polar surface area (TPSA) is 59.0 Å². The number of hydrogen-bond donors (Lipinski definition) is 2. The molecule has 1 fully saturated rings. The summed E-state index contributed by atoms with van der Waals surface area (Å²) in [4.78, 5) is 12.1. The van der Waals surface area contributed by atoms with Crippen LogP contribution in [0.25, 0.3) is 0 Å². The van der Waals surface area contributed by atoms with Crippen LogP contribution in [-0.4, -0.2) is 28.8 Å². The lowest BCUT2D eigenvalue weighted by Crippen LogP contribution is -2.40. The molecule has 2 unspecified atom stereocenters. The highest BCUT2D eigenvalue weighted by Crippen LogP contribution is 2.19. The highest BCUT2D eigenvalue weighted by molar-refractivity contribution is 5.93. The van der Waals surface area contributed by atoms with Gasteiger partial charge in [-0.2, -0.15) is 5.10 Å². The van der Waals surface area contributed by atoms with Crippen molar-refractivity contribution in [2.75, 3.05) is 18.4 Å². The summed E-state index contributed by atoms with van der Waals surface area (Å²) in [5.74, 6) is 0.730. The molecule has 2 heterocycles. The number of carbonyl (C=O) groups is 1. The first-order valence-corrected chi connectivity index (χ1v) is 6.08. The van der Waals surface area contributed by atoms with Gasteiger partial charge in [0.25, 0.3) is 0 Å². The van der Waals surface area contributed by atoms with Gasteiger partial charge in [0.1, 0.15) is 0 Å². The third-order valence-corrected chi connectivity index (χ3v) is 3.21. The number of aromatic nitrogens is 2. The summed E-state index contributed by atoms with van der Waals surface area (Å²) in [7, 11) is 1.85. The molecule has 1 aliphatic rings. The molecule has 0 radical (unpaired) electrons. The van der Waals surface area contributed by atoms with Gasteiger partial charge in [-0.25, -0.2) is 0 Å². The van der Waals surface area contributed by atoms with E-state index in [0.717, 1.165) is 30.9 Å². The van der Waals surface area contributed by atoms with E-state index in [1.54, 1.807) is 4.68 Å². The zero-order valence-corrected chi connectivity index (χ0v) is 10.7. The molecule has 1 saturated heterocycles. The standard InChI is InChI=1S/C12H20N4O/c1-8-4-10(6-13-5-8)12(17)14-11-7-16(3)15-9(11)2/h7-8,10,13H,4-6H2,1-3H3,(H,14,17). The average Bonchev–Trinajstić information content (AvgIpc) is 2.57. The molecule has 0 aliphatic carbocycles. The second kappa shape index (κ2) is 4.87. The molecule has 2 rings (SSSR count). The number of anilines is 1. The minimum atomic E-state index is 0.0679. The Hall–Kier alpha value is -1.36. The second-order valence-electron chi connectivity index (χ2n) is 4.99. The third kappa shape index (κ3) is 2.85. The molecule has 1 aromatic heterocycles. The lowest BCUT2D eigenvalue weighted by Gasteiger charge is -2.26.